The Morgan fingerprint density at radius 1 is 1.29 bits per heavy atom. The van der Waals surface area contributed by atoms with Crippen LogP contribution >= 0.6 is 0 Å². The first kappa shape index (κ1) is 25.3. The molecule has 1 N–H and O–H groups in total. The molecule has 1 amide bonds. The van der Waals surface area contributed by atoms with Crippen molar-refractivity contribution in [2.75, 3.05) is 26.4 Å². The SMILES string of the molecule is CCC(C)(C)c1nc2cc(S(=O)(=O)n3cc(C(=O)NCCF)cn3)ccc2n1CC1CCOCC1. The van der Waals surface area contributed by atoms with Crippen LogP contribution in [0.3, 0.4) is 0 Å². The number of benzene rings is 1. The van der Waals surface area contributed by atoms with E-state index in [1.807, 2.05) is 0 Å². The van der Waals surface area contributed by atoms with E-state index >= 15 is 0 Å². The second-order valence-electron chi connectivity index (χ2n) is 9.54. The number of nitrogens with zero attached hydrogens (tertiary/aromatic N) is 4. The molecule has 1 aliphatic heterocycles. The zero-order chi connectivity index (χ0) is 25.2. The number of amides is 1. The number of hydrogen-bond acceptors (Lipinski definition) is 6. The van der Waals surface area contributed by atoms with Crippen LogP contribution in [0.15, 0.2) is 35.5 Å². The summed E-state index contributed by atoms with van der Waals surface area (Å²) < 4.78 is 47.3. The number of hydrogen-bond donors (Lipinski definition) is 1. The molecular formula is C24H32FN5O4S. The molecule has 1 fully saturated rings. The number of halogens is 1. The van der Waals surface area contributed by atoms with Gasteiger partial charge in [0, 0.05) is 31.7 Å². The Labute approximate surface area is 204 Å². The standard InChI is InChI=1S/C24H32FN5O4S/c1-4-24(2,3)23-28-20-13-19(5-6-21(20)29(23)15-17-7-11-34-12-8-17)35(32,33)30-16-18(14-27-30)22(31)26-10-9-25/h5-6,13-14,16-17H,4,7-12,15H2,1-3H3,(H,26,31). The number of carbonyl (C=O) groups is 1. The van der Waals surface area contributed by atoms with Gasteiger partial charge in [-0.05, 0) is 43.4 Å². The van der Waals surface area contributed by atoms with Crippen molar-refractivity contribution in [2.45, 2.75) is 56.9 Å². The van der Waals surface area contributed by atoms with Crippen molar-refractivity contribution in [1.29, 1.82) is 0 Å². The van der Waals surface area contributed by atoms with E-state index in [9.17, 15) is 17.6 Å². The van der Waals surface area contributed by atoms with Crippen molar-refractivity contribution in [3.8, 4) is 0 Å². The summed E-state index contributed by atoms with van der Waals surface area (Å²) in [4.78, 5) is 17.0. The molecule has 2 aromatic heterocycles. The number of ether oxygens (including phenoxy) is 1. The summed E-state index contributed by atoms with van der Waals surface area (Å²) in [6, 6.07) is 4.90. The number of rotatable bonds is 9. The van der Waals surface area contributed by atoms with E-state index in [0.29, 0.717) is 11.4 Å². The Bertz CT molecular complexity index is 1310. The molecule has 0 atom stereocenters. The van der Waals surface area contributed by atoms with E-state index in [-0.39, 0.29) is 22.4 Å². The van der Waals surface area contributed by atoms with Gasteiger partial charge >= 0.3 is 0 Å². The van der Waals surface area contributed by atoms with Gasteiger partial charge in [-0.25, -0.2) is 9.37 Å². The molecule has 1 aliphatic rings. The molecule has 1 aromatic carbocycles. The van der Waals surface area contributed by atoms with Gasteiger partial charge in [0.2, 0.25) is 0 Å². The van der Waals surface area contributed by atoms with Crippen molar-refractivity contribution in [3.63, 3.8) is 0 Å². The molecule has 3 aromatic rings. The smallest absolute Gasteiger partial charge is 0.283 e. The molecule has 0 radical (unpaired) electrons. The van der Waals surface area contributed by atoms with Crippen molar-refractivity contribution in [1.82, 2.24) is 24.1 Å². The fourth-order valence-electron chi connectivity index (χ4n) is 4.24. The normalized spacial score (nSPS) is 15.5. The second-order valence-corrected chi connectivity index (χ2v) is 11.3. The minimum atomic E-state index is -4.05. The van der Waals surface area contributed by atoms with Crippen LogP contribution in [0.4, 0.5) is 4.39 Å². The van der Waals surface area contributed by atoms with Gasteiger partial charge < -0.3 is 14.6 Å². The summed E-state index contributed by atoms with van der Waals surface area (Å²) in [6.07, 6.45) is 5.13. The molecule has 0 saturated carbocycles. The number of nitrogens with one attached hydrogen (secondary N) is 1. The zero-order valence-corrected chi connectivity index (χ0v) is 21.1. The monoisotopic (exact) mass is 505 g/mol. The predicted octanol–water partition coefficient (Wildman–Crippen LogP) is 3.28. The van der Waals surface area contributed by atoms with Gasteiger partial charge in [-0.1, -0.05) is 20.8 Å². The van der Waals surface area contributed by atoms with E-state index in [4.69, 9.17) is 9.72 Å². The Morgan fingerprint density at radius 3 is 2.71 bits per heavy atom. The van der Waals surface area contributed by atoms with Crippen LogP contribution in [0.25, 0.3) is 11.0 Å². The Morgan fingerprint density at radius 2 is 2.03 bits per heavy atom. The molecule has 0 bridgehead atoms. The van der Waals surface area contributed by atoms with Crippen LogP contribution in [0, 0.1) is 5.92 Å². The fraction of sp³-hybridized carbons (Fsp3) is 0.542. The number of imidazole rings is 1. The molecule has 35 heavy (non-hydrogen) atoms. The third kappa shape index (κ3) is 5.11. The Hall–Kier alpha value is -2.79. The maximum absolute atomic E-state index is 13.2. The fourth-order valence-corrected chi connectivity index (χ4v) is 5.38. The third-order valence-corrected chi connectivity index (χ3v) is 8.28. The summed E-state index contributed by atoms with van der Waals surface area (Å²) in [7, 11) is -4.05. The lowest BCUT2D eigenvalue weighted by atomic mass is 9.89. The van der Waals surface area contributed by atoms with E-state index in [1.165, 1.54) is 0 Å². The summed E-state index contributed by atoms with van der Waals surface area (Å²) in [5.41, 5.74) is 1.34. The van der Waals surface area contributed by atoms with Crippen molar-refractivity contribution in [3.05, 3.63) is 42.0 Å². The van der Waals surface area contributed by atoms with Crippen LogP contribution in [-0.4, -0.2) is 59.5 Å². The number of alkyl halides is 1. The maximum atomic E-state index is 13.2. The minimum absolute atomic E-state index is 0.0281. The van der Waals surface area contributed by atoms with E-state index in [1.54, 1.807) is 18.2 Å². The van der Waals surface area contributed by atoms with Gasteiger partial charge in [-0.2, -0.15) is 17.6 Å². The van der Waals surface area contributed by atoms with Gasteiger partial charge in [0.05, 0.1) is 33.9 Å². The van der Waals surface area contributed by atoms with Gasteiger partial charge in [-0.15, -0.1) is 0 Å². The molecular weight excluding hydrogens is 473 g/mol. The Balaban J connectivity index is 1.71. The summed E-state index contributed by atoms with van der Waals surface area (Å²) in [5.74, 6) is 0.821. The number of carbonyl (C=O) groups excluding carboxylic acids is 1. The van der Waals surface area contributed by atoms with E-state index < -0.39 is 22.6 Å². The van der Waals surface area contributed by atoms with Gasteiger partial charge in [0.15, 0.2) is 0 Å². The van der Waals surface area contributed by atoms with Crippen LogP contribution in [0.1, 0.15) is 56.2 Å². The molecule has 4 rings (SSSR count). The van der Waals surface area contributed by atoms with Gasteiger partial charge in [0.1, 0.15) is 12.5 Å². The molecule has 190 valence electrons. The van der Waals surface area contributed by atoms with Crippen molar-refractivity contribution >= 4 is 27.0 Å². The summed E-state index contributed by atoms with van der Waals surface area (Å²) >= 11 is 0. The number of aromatic nitrogens is 4. The molecule has 0 aliphatic carbocycles. The van der Waals surface area contributed by atoms with Crippen LogP contribution < -0.4 is 5.32 Å². The molecule has 11 heteroatoms. The van der Waals surface area contributed by atoms with Crippen LogP contribution in [0.2, 0.25) is 0 Å². The van der Waals surface area contributed by atoms with Gasteiger partial charge in [0.25, 0.3) is 15.9 Å². The number of fused-ring (bicyclic) bond motifs is 1. The van der Waals surface area contributed by atoms with Crippen molar-refractivity contribution < 1.29 is 22.3 Å². The molecule has 0 spiro atoms. The molecule has 1 saturated heterocycles. The van der Waals surface area contributed by atoms with Gasteiger partial charge in [-0.3, -0.25) is 4.79 Å². The molecule has 0 unspecified atom stereocenters. The highest BCUT2D eigenvalue weighted by Gasteiger charge is 2.29. The average molecular weight is 506 g/mol. The molecule has 3 heterocycles. The van der Waals surface area contributed by atoms with E-state index in [0.717, 1.165) is 66.8 Å². The highest BCUT2D eigenvalue weighted by Crippen LogP contribution is 2.32. The summed E-state index contributed by atoms with van der Waals surface area (Å²) in [5, 5.41) is 6.22. The maximum Gasteiger partial charge on any atom is 0.283 e. The van der Waals surface area contributed by atoms with E-state index in [2.05, 4.69) is 35.8 Å². The second kappa shape index (κ2) is 10.1. The first-order valence-electron chi connectivity index (χ1n) is 11.9. The average Bonchev–Trinajstić information content (AvgIpc) is 3.49. The van der Waals surface area contributed by atoms with Crippen molar-refractivity contribution in [2.24, 2.45) is 5.92 Å². The predicted molar refractivity (Wildman–Crippen MR) is 130 cm³/mol. The molecule has 9 nitrogen and oxygen atoms in total. The summed E-state index contributed by atoms with van der Waals surface area (Å²) in [6.45, 7) is 7.86. The lowest BCUT2D eigenvalue weighted by Crippen LogP contribution is -2.26. The third-order valence-electron chi connectivity index (χ3n) is 6.74. The Kier molecular flexibility index (Phi) is 7.27. The largest absolute Gasteiger partial charge is 0.381 e. The quantitative estimate of drug-likeness (QED) is 0.478. The highest BCUT2D eigenvalue weighted by atomic mass is 32.2. The zero-order valence-electron chi connectivity index (χ0n) is 20.3. The topological polar surface area (TPSA) is 108 Å². The lowest BCUT2D eigenvalue weighted by molar-refractivity contribution is 0.0610. The lowest BCUT2D eigenvalue weighted by Gasteiger charge is -2.28. The highest BCUT2D eigenvalue weighted by molar-refractivity contribution is 7.89. The first-order valence-corrected chi connectivity index (χ1v) is 13.3. The first-order chi connectivity index (χ1) is 16.7. The minimum Gasteiger partial charge on any atom is -0.381 e. The van der Waals surface area contributed by atoms with Crippen LogP contribution in [0.5, 0.6) is 0 Å². The van der Waals surface area contributed by atoms with Crippen LogP contribution in [-0.2, 0) is 26.7 Å².